The molecule has 1 aromatic carbocycles. The molecule has 0 spiro atoms. The van der Waals surface area contributed by atoms with E-state index in [1.165, 1.54) is 4.90 Å². The number of allylic oxidation sites excluding steroid dienone is 1. The molecule has 46 heavy (non-hydrogen) atoms. The zero-order chi connectivity index (χ0) is 33.1. The van der Waals surface area contributed by atoms with Gasteiger partial charge >= 0.3 is 12.2 Å². The Morgan fingerprint density at radius 3 is 2.37 bits per heavy atom. The van der Waals surface area contributed by atoms with Crippen LogP contribution in [0.15, 0.2) is 42.5 Å². The first-order chi connectivity index (χ1) is 21.7. The molecule has 6 rings (SSSR count). The summed E-state index contributed by atoms with van der Waals surface area (Å²) in [6.45, 7) is 12.7. The van der Waals surface area contributed by atoms with Crippen molar-refractivity contribution in [1.82, 2.24) is 4.90 Å². The number of hydrogen-bond donors (Lipinski definition) is 2. The van der Waals surface area contributed by atoms with Gasteiger partial charge in [0.25, 0.3) is 0 Å². The molecular weight excluding hydrogens is 584 g/mol. The van der Waals surface area contributed by atoms with Crippen molar-refractivity contribution in [3.05, 3.63) is 42.5 Å². The minimum atomic E-state index is -1.31. The maximum absolute atomic E-state index is 13.1. The summed E-state index contributed by atoms with van der Waals surface area (Å²) in [6.07, 6.45) is 6.45. The largest absolute Gasteiger partial charge is 0.446 e. The predicted octanol–water partition coefficient (Wildman–Crippen LogP) is 6.87. The number of benzene rings is 1. The van der Waals surface area contributed by atoms with Crippen LogP contribution in [-0.2, 0) is 18.9 Å². The summed E-state index contributed by atoms with van der Waals surface area (Å²) in [5.41, 5.74) is -1.28. The van der Waals surface area contributed by atoms with Crippen molar-refractivity contribution in [3.63, 3.8) is 0 Å². The van der Waals surface area contributed by atoms with Crippen LogP contribution < -0.4 is 5.32 Å². The highest BCUT2D eigenvalue weighted by Gasteiger charge is 2.68. The van der Waals surface area contributed by atoms with Crippen LogP contribution in [0.25, 0.3) is 0 Å². The van der Waals surface area contributed by atoms with E-state index in [0.717, 1.165) is 25.7 Å². The first-order valence-electron chi connectivity index (χ1n) is 17.2. The van der Waals surface area contributed by atoms with Gasteiger partial charge in [0.1, 0.15) is 12.2 Å². The second kappa shape index (κ2) is 12.1. The fraction of sp³-hybridized carbons (Fsp3) is 0.730. The molecule has 4 aliphatic carbocycles. The molecule has 2 N–H and O–H groups in total. The first kappa shape index (κ1) is 33.3. The van der Waals surface area contributed by atoms with Gasteiger partial charge in [-0.25, -0.2) is 9.59 Å². The maximum atomic E-state index is 13.1. The minimum absolute atomic E-state index is 0.0395. The van der Waals surface area contributed by atoms with Crippen molar-refractivity contribution in [2.75, 3.05) is 32.6 Å². The Hall–Kier alpha value is -2.62. The second-order valence-electron chi connectivity index (χ2n) is 16.3. The Morgan fingerprint density at radius 2 is 1.70 bits per heavy atom. The van der Waals surface area contributed by atoms with E-state index in [0.29, 0.717) is 37.2 Å². The number of nitrogens with zero attached hydrogens (tertiary/aromatic N) is 1. The molecule has 0 radical (unpaired) electrons. The lowest BCUT2D eigenvalue weighted by Gasteiger charge is -2.63. The molecule has 9 heteroatoms. The molecule has 4 fully saturated rings. The number of ether oxygens (including phenoxy) is 4. The third-order valence-corrected chi connectivity index (χ3v) is 12.6. The summed E-state index contributed by atoms with van der Waals surface area (Å²) in [5, 5.41) is 15.3. The summed E-state index contributed by atoms with van der Waals surface area (Å²) in [7, 11) is 3.33. The average molecular weight is 639 g/mol. The number of carbonyl (C=O) groups is 2. The lowest BCUT2D eigenvalue weighted by Crippen LogP contribution is -2.67. The van der Waals surface area contributed by atoms with Crippen LogP contribution in [0.2, 0.25) is 0 Å². The monoisotopic (exact) mass is 638 g/mol. The predicted molar refractivity (Wildman–Crippen MR) is 175 cm³/mol. The summed E-state index contributed by atoms with van der Waals surface area (Å²) in [4.78, 5) is 27.4. The number of aliphatic hydroxyl groups is 1. The van der Waals surface area contributed by atoms with E-state index < -0.39 is 35.4 Å². The molecule has 0 bridgehead atoms. The Kier molecular flexibility index (Phi) is 8.77. The maximum Gasteiger partial charge on any atom is 0.411 e. The molecule has 1 heterocycles. The molecule has 1 aromatic rings. The zero-order valence-electron chi connectivity index (χ0n) is 28.7. The third kappa shape index (κ3) is 5.74. The topological polar surface area (TPSA) is 107 Å². The Labute approximate surface area is 274 Å². The highest BCUT2D eigenvalue weighted by molar-refractivity contribution is 5.84. The van der Waals surface area contributed by atoms with Gasteiger partial charge in [0.05, 0.1) is 18.8 Å². The standard InChI is InChI=1S/C37H54N2O7/c1-23(31-43-21-34(2,3)22-44-31)27-13-14-28-26-15-18-37(42)20-25(45-32(40)38-24-11-9-8-10-12-24)19-30(46-33(41)39(6)7)36(37,5)29(26)16-17-35(27,28)4/h8-12,15,18,23,25-31,42H,13-14,16-17,19-22H2,1-7H3,(H,38,40)/t23?,25?,26-,27+,28-,29-,30?,35+,36-,37?/m0/s1. The Bertz CT molecular complexity index is 1310. The van der Waals surface area contributed by atoms with E-state index in [1.807, 2.05) is 24.3 Å². The van der Waals surface area contributed by atoms with Crippen LogP contribution in [0.1, 0.15) is 73.1 Å². The molecule has 9 nitrogen and oxygen atoms in total. The number of para-hydroxylation sites is 1. The zero-order valence-corrected chi connectivity index (χ0v) is 28.7. The van der Waals surface area contributed by atoms with Crippen LogP contribution in [0.5, 0.6) is 0 Å². The van der Waals surface area contributed by atoms with Crippen LogP contribution in [-0.4, -0.2) is 73.6 Å². The lowest BCUT2D eigenvalue weighted by atomic mass is 9.44. The second-order valence-corrected chi connectivity index (χ2v) is 16.3. The Morgan fingerprint density at radius 1 is 1.00 bits per heavy atom. The molecule has 2 amide bonds. The van der Waals surface area contributed by atoms with Crippen molar-refractivity contribution in [3.8, 4) is 0 Å². The van der Waals surface area contributed by atoms with E-state index in [2.05, 4.69) is 46.0 Å². The van der Waals surface area contributed by atoms with Crippen molar-refractivity contribution >= 4 is 17.9 Å². The van der Waals surface area contributed by atoms with Crippen LogP contribution >= 0.6 is 0 Å². The van der Waals surface area contributed by atoms with Gasteiger partial charge in [0.15, 0.2) is 6.29 Å². The van der Waals surface area contributed by atoms with Gasteiger partial charge in [-0.3, -0.25) is 5.32 Å². The average Bonchev–Trinajstić information content (AvgIpc) is 3.35. The number of fused-ring (bicyclic) bond motifs is 5. The minimum Gasteiger partial charge on any atom is -0.446 e. The third-order valence-electron chi connectivity index (χ3n) is 12.6. The lowest BCUT2D eigenvalue weighted by molar-refractivity contribution is -0.254. The van der Waals surface area contributed by atoms with Crippen LogP contribution in [0, 0.1) is 45.8 Å². The van der Waals surface area contributed by atoms with E-state index in [-0.39, 0.29) is 41.3 Å². The van der Waals surface area contributed by atoms with Crippen LogP contribution in [0.4, 0.5) is 15.3 Å². The molecule has 0 aromatic heterocycles. The highest BCUT2D eigenvalue weighted by Crippen LogP contribution is 2.68. The van der Waals surface area contributed by atoms with E-state index in [4.69, 9.17) is 18.9 Å². The smallest absolute Gasteiger partial charge is 0.411 e. The normalized spacial score (nSPS) is 40.5. The Balaban J connectivity index is 1.24. The van der Waals surface area contributed by atoms with Crippen molar-refractivity contribution in [2.45, 2.75) is 97.2 Å². The van der Waals surface area contributed by atoms with Gasteiger partial charge in [0, 0.05) is 49.4 Å². The molecule has 254 valence electrons. The molecule has 10 atom stereocenters. The van der Waals surface area contributed by atoms with E-state index in [9.17, 15) is 14.7 Å². The van der Waals surface area contributed by atoms with Gasteiger partial charge < -0.3 is 29.0 Å². The van der Waals surface area contributed by atoms with E-state index in [1.54, 1.807) is 26.2 Å². The number of rotatable bonds is 5. The fourth-order valence-corrected chi connectivity index (χ4v) is 10.1. The van der Waals surface area contributed by atoms with Crippen molar-refractivity contribution < 1.29 is 33.6 Å². The van der Waals surface area contributed by atoms with Gasteiger partial charge in [-0.05, 0) is 66.9 Å². The number of carbonyl (C=O) groups excluding carboxylic acids is 2. The SMILES string of the molecule is CC(C1OCC(C)(C)CO1)[C@H]1CC[C@H]2[C@@H]3C=CC4(O)CC(OC(=O)Nc5ccccc5)CC(OC(=O)N(C)C)[C@]4(C)[C@H]3CC[C@]12C. The molecular formula is C37H54N2O7. The number of hydrogen-bond acceptors (Lipinski definition) is 7. The summed E-state index contributed by atoms with van der Waals surface area (Å²) >= 11 is 0. The molecule has 3 saturated carbocycles. The van der Waals surface area contributed by atoms with Gasteiger partial charge in [-0.2, -0.15) is 0 Å². The van der Waals surface area contributed by atoms with Gasteiger partial charge in [-0.15, -0.1) is 0 Å². The number of amides is 2. The number of anilines is 1. The molecule has 1 aliphatic heterocycles. The van der Waals surface area contributed by atoms with Gasteiger partial charge in [0.2, 0.25) is 0 Å². The van der Waals surface area contributed by atoms with E-state index >= 15 is 0 Å². The molecule has 1 saturated heterocycles. The van der Waals surface area contributed by atoms with Gasteiger partial charge in [-0.1, -0.05) is 65.0 Å². The molecule has 4 unspecified atom stereocenters. The number of nitrogens with one attached hydrogen (secondary N) is 1. The fourth-order valence-electron chi connectivity index (χ4n) is 10.1. The molecule has 5 aliphatic rings. The summed E-state index contributed by atoms with van der Waals surface area (Å²) < 4.78 is 24.7. The van der Waals surface area contributed by atoms with Crippen LogP contribution in [0.3, 0.4) is 0 Å². The first-order valence-corrected chi connectivity index (χ1v) is 17.2. The van der Waals surface area contributed by atoms with Crippen molar-refractivity contribution in [2.24, 2.45) is 45.8 Å². The summed E-state index contributed by atoms with van der Waals surface area (Å²) in [5.74, 6) is 1.55. The quantitative estimate of drug-likeness (QED) is 0.339. The summed E-state index contributed by atoms with van der Waals surface area (Å²) in [6, 6.07) is 9.13. The highest BCUT2D eigenvalue weighted by atomic mass is 16.7. The van der Waals surface area contributed by atoms with Crippen molar-refractivity contribution in [1.29, 1.82) is 0 Å².